The molecule has 0 radical (unpaired) electrons. The first-order valence-electron chi connectivity index (χ1n) is 8.96. The van der Waals surface area contributed by atoms with Crippen LogP contribution >= 0.6 is 0 Å². The van der Waals surface area contributed by atoms with E-state index in [-0.39, 0.29) is 11.9 Å². The molecule has 3 amide bonds. The van der Waals surface area contributed by atoms with Gasteiger partial charge >= 0.3 is 6.03 Å². The van der Waals surface area contributed by atoms with E-state index in [1.807, 2.05) is 25.1 Å². The number of methoxy groups -OCH3 is 1. The summed E-state index contributed by atoms with van der Waals surface area (Å²) in [6.45, 7) is 2.34. The first-order valence-corrected chi connectivity index (χ1v) is 8.96. The molecule has 6 heteroatoms. The van der Waals surface area contributed by atoms with Crippen molar-refractivity contribution >= 4 is 28.5 Å². The monoisotopic (exact) mass is 361 g/mol. The number of benzene rings is 2. The Morgan fingerprint density at radius 1 is 1.11 bits per heavy atom. The molecule has 0 bridgehead atoms. The zero-order valence-electron chi connectivity index (χ0n) is 15.2. The standard InChI is InChI=1S/C21H19N3O3/c1-21-18-16(15-8-3-4-9-17(15)22-18)10-11-23(21)20(26)24(19(21)25)13-6-5-7-14(12-13)27-2/h3-9,12,22H,10-11H2,1-2H3. The Labute approximate surface area is 156 Å². The number of amides is 3. The number of fused-ring (bicyclic) bond motifs is 5. The van der Waals surface area contributed by atoms with Gasteiger partial charge in [0.25, 0.3) is 5.91 Å². The second kappa shape index (κ2) is 5.36. The quantitative estimate of drug-likeness (QED) is 0.712. The lowest BCUT2D eigenvalue weighted by Crippen LogP contribution is -2.49. The average molecular weight is 361 g/mol. The molecular formula is C21H19N3O3. The minimum Gasteiger partial charge on any atom is -0.497 e. The molecule has 2 aromatic carbocycles. The molecule has 0 saturated carbocycles. The summed E-state index contributed by atoms with van der Waals surface area (Å²) in [5.74, 6) is 0.364. The van der Waals surface area contributed by atoms with E-state index in [0.29, 0.717) is 18.0 Å². The number of para-hydroxylation sites is 1. The third-order valence-electron chi connectivity index (χ3n) is 5.78. The summed E-state index contributed by atoms with van der Waals surface area (Å²) >= 11 is 0. The summed E-state index contributed by atoms with van der Waals surface area (Å²) in [6, 6.07) is 14.8. The van der Waals surface area contributed by atoms with Gasteiger partial charge in [0.2, 0.25) is 0 Å². The number of rotatable bonds is 2. The predicted octanol–water partition coefficient (Wildman–Crippen LogP) is 3.42. The number of imide groups is 1. The fraction of sp³-hybridized carbons (Fsp3) is 0.238. The van der Waals surface area contributed by atoms with Crippen LogP contribution in [-0.4, -0.2) is 35.5 Å². The molecular weight excluding hydrogens is 342 g/mol. The Morgan fingerprint density at radius 3 is 2.74 bits per heavy atom. The van der Waals surface area contributed by atoms with Crippen molar-refractivity contribution in [3.05, 3.63) is 59.8 Å². The predicted molar refractivity (Wildman–Crippen MR) is 102 cm³/mol. The summed E-state index contributed by atoms with van der Waals surface area (Å²) in [4.78, 5) is 33.0. The van der Waals surface area contributed by atoms with Crippen molar-refractivity contribution in [3.8, 4) is 5.75 Å². The van der Waals surface area contributed by atoms with Crippen LogP contribution in [0.1, 0.15) is 18.2 Å². The van der Waals surface area contributed by atoms with Crippen LogP contribution in [0, 0.1) is 0 Å². The van der Waals surface area contributed by atoms with Crippen LogP contribution in [0.5, 0.6) is 5.75 Å². The number of ether oxygens (including phenoxy) is 1. The Balaban J connectivity index is 1.68. The molecule has 1 N–H and O–H groups in total. The molecule has 6 nitrogen and oxygen atoms in total. The van der Waals surface area contributed by atoms with Gasteiger partial charge in [0.1, 0.15) is 5.75 Å². The van der Waals surface area contributed by atoms with E-state index in [0.717, 1.165) is 28.6 Å². The molecule has 136 valence electrons. The van der Waals surface area contributed by atoms with Gasteiger partial charge in [-0.3, -0.25) is 4.79 Å². The van der Waals surface area contributed by atoms with E-state index in [2.05, 4.69) is 11.1 Å². The van der Waals surface area contributed by atoms with Gasteiger partial charge in [-0.1, -0.05) is 24.3 Å². The zero-order chi connectivity index (χ0) is 18.8. The van der Waals surface area contributed by atoms with Gasteiger partial charge in [0.05, 0.1) is 18.5 Å². The van der Waals surface area contributed by atoms with E-state index in [1.54, 1.807) is 36.3 Å². The van der Waals surface area contributed by atoms with Gasteiger partial charge < -0.3 is 14.6 Å². The van der Waals surface area contributed by atoms with Crippen molar-refractivity contribution in [2.45, 2.75) is 18.9 Å². The molecule has 1 unspecified atom stereocenters. The molecule has 2 aliphatic heterocycles. The van der Waals surface area contributed by atoms with E-state index in [9.17, 15) is 9.59 Å². The molecule has 1 fully saturated rings. The first kappa shape index (κ1) is 15.9. The maximum Gasteiger partial charge on any atom is 0.332 e. The van der Waals surface area contributed by atoms with Crippen LogP contribution in [0.4, 0.5) is 10.5 Å². The number of aromatic nitrogens is 1. The SMILES string of the molecule is COc1cccc(N2C(=O)N3CCc4c([nH]c5ccccc45)C3(C)C2=O)c1. The molecule has 3 aromatic rings. The molecule has 1 atom stereocenters. The van der Waals surface area contributed by atoms with E-state index < -0.39 is 5.54 Å². The molecule has 27 heavy (non-hydrogen) atoms. The Kier molecular flexibility index (Phi) is 3.16. The number of anilines is 1. The van der Waals surface area contributed by atoms with Gasteiger partial charge in [0.15, 0.2) is 5.54 Å². The van der Waals surface area contributed by atoms with Gasteiger partial charge in [-0.25, -0.2) is 9.69 Å². The third kappa shape index (κ3) is 1.95. The maximum atomic E-state index is 13.5. The number of carbonyl (C=O) groups excluding carboxylic acids is 2. The Hall–Kier alpha value is -3.28. The topological polar surface area (TPSA) is 65.6 Å². The molecule has 3 heterocycles. The van der Waals surface area contributed by atoms with Crippen LogP contribution in [-0.2, 0) is 16.8 Å². The number of hydrogen-bond acceptors (Lipinski definition) is 3. The van der Waals surface area contributed by atoms with Crippen LogP contribution in [0.2, 0.25) is 0 Å². The highest BCUT2D eigenvalue weighted by molar-refractivity contribution is 6.23. The number of nitrogens with one attached hydrogen (secondary N) is 1. The molecule has 0 aliphatic carbocycles. The summed E-state index contributed by atoms with van der Waals surface area (Å²) in [6.07, 6.45) is 0.722. The largest absolute Gasteiger partial charge is 0.497 e. The smallest absolute Gasteiger partial charge is 0.332 e. The molecule has 1 saturated heterocycles. The van der Waals surface area contributed by atoms with Gasteiger partial charge in [-0.2, -0.15) is 0 Å². The van der Waals surface area contributed by atoms with Crippen molar-refractivity contribution in [3.63, 3.8) is 0 Å². The molecule has 5 rings (SSSR count). The summed E-state index contributed by atoms with van der Waals surface area (Å²) in [5, 5.41) is 1.12. The minimum atomic E-state index is -1.03. The lowest BCUT2D eigenvalue weighted by molar-refractivity contribution is -0.125. The normalized spacial score (nSPS) is 21.6. The van der Waals surface area contributed by atoms with Crippen LogP contribution in [0.25, 0.3) is 10.9 Å². The van der Waals surface area contributed by atoms with Crippen LogP contribution in [0.3, 0.4) is 0 Å². The molecule has 2 aliphatic rings. The fourth-order valence-electron chi connectivity index (χ4n) is 4.37. The minimum absolute atomic E-state index is 0.242. The lowest BCUT2D eigenvalue weighted by atomic mass is 9.87. The number of H-pyrrole nitrogens is 1. The zero-order valence-corrected chi connectivity index (χ0v) is 15.2. The Morgan fingerprint density at radius 2 is 1.93 bits per heavy atom. The van der Waals surface area contributed by atoms with Gasteiger partial charge in [0, 0.05) is 23.5 Å². The maximum absolute atomic E-state index is 13.5. The number of aromatic amines is 1. The average Bonchev–Trinajstić information content (AvgIpc) is 3.16. The highest BCUT2D eigenvalue weighted by Gasteiger charge is 2.59. The second-order valence-corrected chi connectivity index (χ2v) is 7.12. The van der Waals surface area contributed by atoms with Crippen molar-refractivity contribution in [1.82, 2.24) is 9.88 Å². The molecule has 0 spiro atoms. The highest BCUT2D eigenvalue weighted by atomic mass is 16.5. The van der Waals surface area contributed by atoms with Crippen molar-refractivity contribution in [2.75, 3.05) is 18.6 Å². The summed E-state index contributed by atoms with van der Waals surface area (Å²) in [5.41, 5.74) is 2.42. The van der Waals surface area contributed by atoms with Crippen molar-refractivity contribution in [2.24, 2.45) is 0 Å². The van der Waals surface area contributed by atoms with E-state index in [1.165, 1.54) is 4.90 Å². The fourth-order valence-corrected chi connectivity index (χ4v) is 4.37. The molecule has 1 aromatic heterocycles. The number of hydrogen-bond donors (Lipinski definition) is 1. The van der Waals surface area contributed by atoms with Gasteiger partial charge in [-0.15, -0.1) is 0 Å². The van der Waals surface area contributed by atoms with Crippen molar-refractivity contribution < 1.29 is 14.3 Å². The van der Waals surface area contributed by atoms with E-state index >= 15 is 0 Å². The highest BCUT2D eigenvalue weighted by Crippen LogP contribution is 2.45. The third-order valence-corrected chi connectivity index (χ3v) is 5.78. The second-order valence-electron chi connectivity index (χ2n) is 7.12. The number of urea groups is 1. The van der Waals surface area contributed by atoms with Crippen LogP contribution < -0.4 is 9.64 Å². The summed E-state index contributed by atoms with van der Waals surface area (Å²) in [7, 11) is 1.56. The first-order chi connectivity index (χ1) is 13.1. The summed E-state index contributed by atoms with van der Waals surface area (Å²) < 4.78 is 5.26. The van der Waals surface area contributed by atoms with E-state index in [4.69, 9.17) is 4.74 Å². The van der Waals surface area contributed by atoms with Crippen molar-refractivity contribution in [1.29, 1.82) is 0 Å². The Bertz CT molecular complexity index is 1100. The van der Waals surface area contributed by atoms with Gasteiger partial charge in [-0.05, 0) is 37.1 Å². The number of carbonyl (C=O) groups is 2. The van der Waals surface area contributed by atoms with Crippen LogP contribution in [0.15, 0.2) is 48.5 Å². The lowest BCUT2D eigenvalue weighted by Gasteiger charge is -2.35. The number of nitrogens with zero attached hydrogens (tertiary/aromatic N) is 2.